The first-order valence-corrected chi connectivity index (χ1v) is 12.7. The van der Waals surface area contributed by atoms with Gasteiger partial charge in [-0.15, -0.1) is 0 Å². The van der Waals surface area contributed by atoms with E-state index >= 15 is 0 Å². The fraction of sp³-hybridized carbons (Fsp3) is 0.360. The molecule has 0 bridgehead atoms. The second-order valence-electron chi connectivity index (χ2n) is 8.53. The van der Waals surface area contributed by atoms with Gasteiger partial charge in [0.25, 0.3) is 0 Å². The number of hydrogen-bond acceptors (Lipinski definition) is 4. The molecule has 9 heteroatoms. The van der Waals surface area contributed by atoms with Gasteiger partial charge in [0, 0.05) is 49.3 Å². The number of thiocarbonyl (C=S) groups is 1. The van der Waals surface area contributed by atoms with Gasteiger partial charge < -0.3 is 19.5 Å². The molecule has 0 radical (unpaired) electrons. The van der Waals surface area contributed by atoms with Gasteiger partial charge >= 0.3 is 0 Å². The smallest absolute Gasteiger partial charge is 0.170 e. The molecule has 0 spiro atoms. The Morgan fingerprint density at radius 1 is 1.06 bits per heavy atom. The van der Waals surface area contributed by atoms with Crippen LogP contribution < -0.4 is 5.32 Å². The first-order chi connectivity index (χ1) is 16.6. The molecule has 4 heterocycles. The summed E-state index contributed by atoms with van der Waals surface area (Å²) in [6.07, 6.45) is 4.87. The van der Waals surface area contributed by atoms with E-state index in [0.29, 0.717) is 10.0 Å². The largest absolute Gasteiger partial charge is 0.379 e. The third kappa shape index (κ3) is 4.95. The summed E-state index contributed by atoms with van der Waals surface area (Å²) in [4.78, 5) is 9.40. The van der Waals surface area contributed by atoms with Crippen molar-refractivity contribution in [2.24, 2.45) is 0 Å². The Balaban J connectivity index is 1.46. The monoisotopic (exact) mass is 515 g/mol. The zero-order chi connectivity index (χ0) is 23.5. The number of benzene rings is 1. The first kappa shape index (κ1) is 23.6. The van der Waals surface area contributed by atoms with Gasteiger partial charge in [-0.25, -0.2) is 0 Å². The lowest BCUT2D eigenvalue weighted by Crippen LogP contribution is -2.39. The third-order valence-corrected chi connectivity index (χ3v) is 7.32. The van der Waals surface area contributed by atoms with Gasteiger partial charge in [0.05, 0.1) is 41.7 Å². The molecule has 5 rings (SSSR count). The molecule has 0 unspecified atom stereocenters. The van der Waals surface area contributed by atoms with E-state index in [-0.39, 0.29) is 12.1 Å². The lowest BCUT2D eigenvalue weighted by atomic mass is 10.0. The van der Waals surface area contributed by atoms with Gasteiger partial charge in [-0.3, -0.25) is 9.88 Å². The Kier molecular flexibility index (Phi) is 7.37. The van der Waals surface area contributed by atoms with Crippen molar-refractivity contribution in [1.29, 1.82) is 0 Å². The predicted molar refractivity (Wildman–Crippen MR) is 140 cm³/mol. The average molecular weight is 516 g/mol. The fourth-order valence-corrected chi connectivity index (χ4v) is 5.62. The standard InChI is InChI=1S/C25H27Cl2N5OS/c26-18-7-8-21(19(27)17-18)31-11-3-6-22(31)24-23(20-5-1-2-9-28-20)29-25(34)32(24)12-4-10-30-13-15-33-16-14-30/h1-3,5-9,11,17,23-24H,4,10,12-16H2,(H,29,34)/t23-,24+/m0/s1. The molecule has 2 saturated heterocycles. The summed E-state index contributed by atoms with van der Waals surface area (Å²) >= 11 is 18.6. The van der Waals surface area contributed by atoms with E-state index in [1.165, 1.54) is 0 Å². The van der Waals surface area contributed by atoms with Gasteiger partial charge in [0.2, 0.25) is 0 Å². The van der Waals surface area contributed by atoms with Crippen LogP contribution in [-0.2, 0) is 4.74 Å². The highest BCUT2D eigenvalue weighted by atomic mass is 35.5. The zero-order valence-electron chi connectivity index (χ0n) is 18.7. The van der Waals surface area contributed by atoms with Gasteiger partial charge in [0.15, 0.2) is 5.11 Å². The molecule has 0 aliphatic carbocycles. The minimum absolute atomic E-state index is 0.0335. The minimum Gasteiger partial charge on any atom is -0.379 e. The van der Waals surface area contributed by atoms with Crippen LogP contribution in [0.25, 0.3) is 5.69 Å². The summed E-state index contributed by atoms with van der Waals surface area (Å²) < 4.78 is 7.62. The molecule has 1 aromatic carbocycles. The maximum atomic E-state index is 6.60. The van der Waals surface area contributed by atoms with E-state index in [1.54, 1.807) is 6.07 Å². The number of morpholine rings is 1. The molecule has 2 fully saturated rings. The predicted octanol–water partition coefficient (Wildman–Crippen LogP) is 4.87. The molecule has 0 amide bonds. The van der Waals surface area contributed by atoms with Crippen LogP contribution in [0, 0.1) is 0 Å². The molecule has 3 aromatic rings. The number of rotatable bonds is 7. The summed E-state index contributed by atoms with van der Waals surface area (Å²) in [5, 5.41) is 5.51. The normalized spacial score (nSPS) is 21.1. The highest BCUT2D eigenvalue weighted by molar-refractivity contribution is 7.80. The van der Waals surface area contributed by atoms with Crippen LogP contribution in [0.4, 0.5) is 0 Å². The van der Waals surface area contributed by atoms with Crippen molar-refractivity contribution in [3.8, 4) is 5.69 Å². The van der Waals surface area contributed by atoms with Crippen LogP contribution in [0.5, 0.6) is 0 Å². The van der Waals surface area contributed by atoms with Gasteiger partial charge in [-0.05, 0) is 61.1 Å². The molecular formula is C25H27Cl2N5OS. The van der Waals surface area contributed by atoms with Crippen molar-refractivity contribution < 1.29 is 4.74 Å². The molecule has 6 nitrogen and oxygen atoms in total. The van der Waals surface area contributed by atoms with Crippen LogP contribution in [-0.4, -0.2) is 63.9 Å². The molecular weight excluding hydrogens is 489 g/mol. The Hall–Kier alpha value is -2.16. The fourth-order valence-electron chi connectivity index (χ4n) is 4.79. The number of halogens is 2. The Labute approximate surface area is 215 Å². The summed E-state index contributed by atoms with van der Waals surface area (Å²) in [7, 11) is 0. The van der Waals surface area contributed by atoms with Crippen LogP contribution in [0.3, 0.4) is 0 Å². The van der Waals surface area contributed by atoms with Crippen molar-refractivity contribution in [2.45, 2.75) is 18.5 Å². The van der Waals surface area contributed by atoms with Crippen molar-refractivity contribution in [3.63, 3.8) is 0 Å². The van der Waals surface area contributed by atoms with Gasteiger partial charge in [0.1, 0.15) is 0 Å². The maximum Gasteiger partial charge on any atom is 0.170 e. The number of nitrogens with one attached hydrogen (secondary N) is 1. The Bertz CT molecular complexity index is 1140. The van der Waals surface area contributed by atoms with Gasteiger partial charge in [-0.2, -0.15) is 0 Å². The Morgan fingerprint density at radius 3 is 2.68 bits per heavy atom. The summed E-state index contributed by atoms with van der Waals surface area (Å²) in [5.74, 6) is 0. The van der Waals surface area contributed by atoms with Crippen LogP contribution >= 0.6 is 35.4 Å². The van der Waals surface area contributed by atoms with Crippen molar-refractivity contribution in [1.82, 2.24) is 24.7 Å². The molecule has 0 saturated carbocycles. The van der Waals surface area contributed by atoms with E-state index < -0.39 is 0 Å². The SMILES string of the molecule is S=C1N[C@@H](c2ccccn2)[C@@H](c2cccn2-c2ccc(Cl)cc2Cl)N1CCCN1CCOCC1. The summed E-state index contributed by atoms with van der Waals surface area (Å²) in [6, 6.07) is 15.7. The topological polar surface area (TPSA) is 45.6 Å². The average Bonchev–Trinajstić information content (AvgIpc) is 3.45. The number of hydrogen-bond donors (Lipinski definition) is 1. The quantitative estimate of drug-likeness (QED) is 0.452. The lowest BCUT2D eigenvalue weighted by Gasteiger charge is -2.31. The van der Waals surface area contributed by atoms with E-state index in [2.05, 4.69) is 30.7 Å². The molecule has 1 N–H and O–H groups in total. The molecule has 2 atom stereocenters. The summed E-state index contributed by atoms with van der Waals surface area (Å²) in [6.45, 7) is 5.46. The van der Waals surface area contributed by atoms with Crippen LogP contribution in [0.15, 0.2) is 60.9 Å². The summed E-state index contributed by atoms with van der Waals surface area (Å²) in [5.41, 5.74) is 2.94. The van der Waals surface area contributed by atoms with Crippen molar-refractivity contribution in [2.75, 3.05) is 39.4 Å². The van der Waals surface area contributed by atoms with Crippen LogP contribution in [0.2, 0.25) is 10.0 Å². The first-order valence-electron chi connectivity index (χ1n) is 11.5. The van der Waals surface area contributed by atoms with E-state index in [1.807, 2.05) is 48.8 Å². The molecule has 2 aliphatic rings. The van der Waals surface area contributed by atoms with E-state index in [0.717, 1.165) is 68.0 Å². The molecule has 2 aliphatic heterocycles. The number of pyridine rings is 1. The molecule has 34 heavy (non-hydrogen) atoms. The van der Waals surface area contributed by atoms with E-state index in [4.69, 9.17) is 40.2 Å². The minimum atomic E-state index is -0.0724. The second-order valence-corrected chi connectivity index (χ2v) is 9.76. The van der Waals surface area contributed by atoms with Crippen LogP contribution in [0.1, 0.15) is 29.9 Å². The maximum absolute atomic E-state index is 6.60. The van der Waals surface area contributed by atoms with Crippen molar-refractivity contribution >= 4 is 40.5 Å². The highest BCUT2D eigenvalue weighted by Gasteiger charge is 2.41. The lowest BCUT2D eigenvalue weighted by molar-refractivity contribution is 0.0365. The highest BCUT2D eigenvalue weighted by Crippen LogP contribution is 2.40. The number of ether oxygens (including phenoxy) is 1. The zero-order valence-corrected chi connectivity index (χ0v) is 21.1. The second kappa shape index (κ2) is 10.6. The molecule has 178 valence electrons. The number of aromatic nitrogens is 2. The number of nitrogens with zero attached hydrogens (tertiary/aromatic N) is 4. The third-order valence-electron chi connectivity index (χ3n) is 6.43. The van der Waals surface area contributed by atoms with Crippen molar-refractivity contribution in [3.05, 3.63) is 82.4 Å². The molecule has 2 aromatic heterocycles. The Morgan fingerprint density at radius 2 is 1.91 bits per heavy atom. The van der Waals surface area contributed by atoms with E-state index in [9.17, 15) is 0 Å². The van der Waals surface area contributed by atoms with Gasteiger partial charge in [-0.1, -0.05) is 29.3 Å².